The summed E-state index contributed by atoms with van der Waals surface area (Å²) in [5.74, 6) is -1.30. The van der Waals surface area contributed by atoms with Crippen LogP contribution >= 0.6 is 0 Å². The lowest BCUT2D eigenvalue weighted by molar-refractivity contribution is -0.142. The highest BCUT2D eigenvalue weighted by atomic mass is 16.4. The van der Waals surface area contributed by atoms with Crippen molar-refractivity contribution >= 4 is 11.9 Å². The maximum atomic E-state index is 12.7. The van der Waals surface area contributed by atoms with E-state index >= 15 is 0 Å². The lowest BCUT2D eigenvalue weighted by atomic mass is 9.94. The van der Waals surface area contributed by atoms with Gasteiger partial charge in [-0.3, -0.25) is 4.79 Å². The minimum absolute atomic E-state index is 0.271. The Kier molecular flexibility index (Phi) is 4.30. The van der Waals surface area contributed by atoms with Crippen LogP contribution in [0.5, 0.6) is 0 Å². The molecule has 1 aliphatic rings. The molecular weight excluding hydrogens is 304 g/mol. The predicted molar refractivity (Wildman–Crippen MR) is 87.5 cm³/mol. The van der Waals surface area contributed by atoms with Gasteiger partial charge in [-0.25, -0.2) is 4.79 Å². The van der Waals surface area contributed by atoms with Gasteiger partial charge in [0.05, 0.1) is 11.6 Å². The molecular formula is C19H16N2O3. The van der Waals surface area contributed by atoms with Crippen molar-refractivity contribution in [1.82, 2.24) is 4.90 Å². The molecule has 0 aromatic heterocycles. The van der Waals surface area contributed by atoms with E-state index in [0.717, 1.165) is 11.1 Å². The summed E-state index contributed by atoms with van der Waals surface area (Å²) >= 11 is 0. The van der Waals surface area contributed by atoms with Crippen molar-refractivity contribution < 1.29 is 14.7 Å². The Balaban J connectivity index is 1.88. The number of nitrogens with zero attached hydrogens (tertiary/aromatic N) is 2. The van der Waals surface area contributed by atoms with E-state index in [0.29, 0.717) is 24.1 Å². The average molecular weight is 320 g/mol. The molecule has 1 aliphatic heterocycles. The van der Waals surface area contributed by atoms with Crippen LogP contribution in [-0.4, -0.2) is 34.5 Å². The van der Waals surface area contributed by atoms with Crippen molar-refractivity contribution in [3.05, 3.63) is 70.8 Å². The number of rotatable bonds is 4. The molecule has 1 amide bonds. The summed E-state index contributed by atoms with van der Waals surface area (Å²) in [6.45, 7) is 0.338. The van der Waals surface area contributed by atoms with E-state index in [1.54, 1.807) is 18.2 Å². The molecule has 0 radical (unpaired) electrons. The Morgan fingerprint density at radius 2 is 2.00 bits per heavy atom. The Bertz CT molecular complexity index is 824. The number of benzene rings is 2. The van der Waals surface area contributed by atoms with Crippen molar-refractivity contribution in [3.63, 3.8) is 0 Å². The van der Waals surface area contributed by atoms with Crippen molar-refractivity contribution in [2.75, 3.05) is 6.54 Å². The number of aliphatic carboxylic acids is 1. The summed E-state index contributed by atoms with van der Waals surface area (Å²) in [5.41, 5.74) is 2.68. The molecule has 1 atom stereocenters. The zero-order valence-electron chi connectivity index (χ0n) is 13.0. The molecule has 0 unspecified atom stereocenters. The normalized spacial score (nSPS) is 14.6. The maximum absolute atomic E-state index is 12.7. The number of hydrogen-bond donors (Lipinski definition) is 1. The SMILES string of the molecule is N#Cc1ccc2c(c1)CCN([C@@H](Cc1ccccc1)C(=O)O)C2=O. The van der Waals surface area contributed by atoms with Crippen LogP contribution in [0.15, 0.2) is 48.5 Å². The van der Waals surface area contributed by atoms with Gasteiger partial charge in [0.2, 0.25) is 0 Å². The smallest absolute Gasteiger partial charge is 0.326 e. The van der Waals surface area contributed by atoms with Gasteiger partial charge in [-0.05, 0) is 35.7 Å². The van der Waals surface area contributed by atoms with Gasteiger partial charge in [-0.1, -0.05) is 30.3 Å². The highest BCUT2D eigenvalue weighted by molar-refractivity contribution is 5.99. The monoisotopic (exact) mass is 320 g/mol. The van der Waals surface area contributed by atoms with Crippen LogP contribution in [0, 0.1) is 11.3 Å². The number of carboxylic acid groups (broad SMARTS) is 1. The molecule has 0 spiro atoms. The van der Waals surface area contributed by atoms with Crippen LogP contribution in [-0.2, 0) is 17.6 Å². The first kappa shape index (κ1) is 15.8. The summed E-state index contributed by atoms with van der Waals surface area (Å²) in [5, 5.41) is 18.6. The molecule has 2 aromatic carbocycles. The second kappa shape index (κ2) is 6.55. The van der Waals surface area contributed by atoms with Crippen molar-refractivity contribution in [2.24, 2.45) is 0 Å². The van der Waals surface area contributed by atoms with Crippen LogP contribution in [0.4, 0.5) is 0 Å². The first-order valence-corrected chi connectivity index (χ1v) is 7.71. The van der Waals surface area contributed by atoms with Crippen molar-refractivity contribution in [3.8, 4) is 6.07 Å². The molecule has 1 heterocycles. The summed E-state index contributed by atoms with van der Waals surface area (Å²) < 4.78 is 0. The summed E-state index contributed by atoms with van der Waals surface area (Å²) in [6.07, 6.45) is 0.822. The molecule has 0 saturated heterocycles. The Labute approximate surface area is 139 Å². The van der Waals surface area contributed by atoms with E-state index in [9.17, 15) is 14.7 Å². The molecule has 120 valence electrons. The van der Waals surface area contributed by atoms with E-state index in [2.05, 4.69) is 6.07 Å². The second-order valence-electron chi connectivity index (χ2n) is 5.78. The fourth-order valence-electron chi connectivity index (χ4n) is 3.04. The first-order valence-electron chi connectivity index (χ1n) is 7.71. The predicted octanol–water partition coefficient (Wildman–Crippen LogP) is 2.25. The molecule has 0 saturated carbocycles. The molecule has 5 nitrogen and oxygen atoms in total. The maximum Gasteiger partial charge on any atom is 0.326 e. The fraction of sp³-hybridized carbons (Fsp3) is 0.211. The fourth-order valence-corrected chi connectivity index (χ4v) is 3.04. The number of nitriles is 1. The number of fused-ring (bicyclic) bond motifs is 1. The molecule has 0 aliphatic carbocycles. The topological polar surface area (TPSA) is 81.4 Å². The van der Waals surface area contributed by atoms with Gasteiger partial charge in [0.1, 0.15) is 6.04 Å². The van der Waals surface area contributed by atoms with E-state index < -0.39 is 12.0 Å². The number of hydrogen-bond acceptors (Lipinski definition) is 3. The Hall–Kier alpha value is -3.13. The molecule has 5 heteroatoms. The summed E-state index contributed by atoms with van der Waals surface area (Å²) in [4.78, 5) is 25.9. The Morgan fingerprint density at radius 1 is 1.25 bits per heavy atom. The van der Waals surface area contributed by atoms with Gasteiger partial charge in [0, 0.05) is 18.5 Å². The van der Waals surface area contributed by atoms with Crippen LogP contribution < -0.4 is 0 Å². The largest absolute Gasteiger partial charge is 0.480 e. The van der Waals surface area contributed by atoms with Crippen LogP contribution in [0.1, 0.15) is 27.0 Å². The average Bonchev–Trinajstić information content (AvgIpc) is 2.61. The third-order valence-electron chi connectivity index (χ3n) is 4.28. The van der Waals surface area contributed by atoms with Gasteiger partial charge < -0.3 is 10.0 Å². The molecule has 24 heavy (non-hydrogen) atoms. The van der Waals surface area contributed by atoms with Gasteiger partial charge in [-0.2, -0.15) is 5.26 Å². The van der Waals surface area contributed by atoms with Gasteiger partial charge in [0.25, 0.3) is 5.91 Å². The third-order valence-corrected chi connectivity index (χ3v) is 4.28. The van der Waals surface area contributed by atoms with Gasteiger partial charge >= 0.3 is 5.97 Å². The minimum atomic E-state index is -1.01. The zero-order chi connectivity index (χ0) is 17.1. The zero-order valence-corrected chi connectivity index (χ0v) is 13.0. The second-order valence-corrected chi connectivity index (χ2v) is 5.78. The summed E-state index contributed by atoms with van der Waals surface area (Å²) in [6, 6.07) is 15.4. The highest BCUT2D eigenvalue weighted by Gasteiger charge is 2.34. The van der Waals surface area contributed by atoms with Crippen LogP contribution in [0.3, 0.4) is 0 Å². The number of amides is 1. The number of carboxylic acids is 1. The van der Waals surface area contributed by atoms with Crippen molar-refractivity contribution in [2.45, 2.75) is 18.9 Å². The molecule has 1 N–H and O–H groups in total. The van der Waals surface area contributed by atoms with Crippen molar-refractivity contribution in [1.29, 1.82) is 5.26 Å². The quantitative estimate of drug-likeness (QED) is 0.937. The lowest BCUT2D eigenvalue weighted by Gasteiger charge is -2.33. The highest BCUT2D eigenvalue weighted by Crippen LogP contribution is 2.23. The first-order chi connectivity index (χ1) is 11.6. The number of carbonyl (C=O) groups excluding carboxylic acids is 1. The third kappa shape index (κ3) is 2.99. The van der Waals surface area contributed by atoms with E-state index in [4.69, 9.17) is 5.26 Å². The van der Waals surface area contributed by atoms with Crippen LogP contribution in [0.25, 0.3) is 0 Å². The van der Waals surface area contributed by atoms with Gasteiger partial charge in [-0.15, -0.1) is 0 Å². The molecule has 3 rings (SSSR count). The van der Waals surface area contributed by atoms with Gasteiger partial charge in [0.15, 0.2) is 0 Å². The van der Waals surface area contributed by atoms with Crippen LogP contribution in [0.2, 0.25) is 0 Å². The standard InChI is InChI=1S/C19H16N2O3/c20-12-14-6-7-16-15(10-14)8-9-21(18(16)22)17(19(23)24)11-13-4-2-1-3-5-13/h1-7,10,17H,8-9,11H2,(H,23,24)/t17-/m0/s1. The minimum Gasteiger partial charge on any atom is -0.480 e. The van der Waals surface area contributed by atoms with E-state index in [1.165, 1.54) is 4.90 Å². The molecule has 0 fully saturated rings. The van der Waals surface area contributed by atoms with E-state index in [1.807, 2.05) is 30.3 Å². The lowest BCUT2D eigenvalue weighted by Crippen LogP contribution is -2.49. The number of carbonyl (C=O) groups is 2. The van der Waals surface area contributed by atoms with E-state index in [-0.39, 0.29) is 12.3 Å². The Morgan fingerprint density at radius 3 is 2.67 bits per heavy atom. The molecule has 2 aromatic rings. The molecule has 0 bridgehead atoms. The summed E-state index contributed by atoms with van der Waals surface area (Å²) in [7, 11) is 0.